The Hall–Kier alpha value is -1.40. The molecule has 0 aromatic carbocycles. The Balaban J connectivity index is 1.62. The summed E-state index contributed by atoms with van der Waals surface area (Å²) < 4.78 is 11.3. The molecule has 2 heterocycles. The highest BCUT2D eigenvalue weighted by Gasteiger charge is 2.24. The van der Waals surface area contributed by atoms with E-state index in [9.17, 15) is 5.11 Å². The van der Waals surface area contributed by atoms with Crippen molar-refractivity contribution in [2.24, 2.45) is 0 Å². The van der Waals surface area contributed by atoms with E-state index in [1.807, 2.05) is 6.07 Å². The molecule has 1 aromatic heterocycles. The Morgan fingerprint density at radius 2 is 1.86 bits per heavy atom. The minimum Gasteiger partial charge on any atom is -0.474 e. The molecule has 1 N–H and O–H groups in total. The predicted octanol–water partition coefficient (Wildman–Crippen LogP) is 1.77. The van der Waals surface area contributed by atoms with Gasteiger partial charge < -0.3 is 19.5 Å². The molecule has 1 aliphatic carbocycles. The van der Waals surface area contributed by atoms with Crippen LogP contribution in [0.3, 0.4) is 0 Å². The van der Waals surface area contributed by atoms with Crippen LogP contribution in [0.4, 0.5) is 5.82 Å². The summed E-state index contributed by atoms with van der Waals surface area (Å²) in [6.07, 6.45) is 7.17. The molecule has 122 valence electrons. The van der Waals surface area contributed by atoms with Crippen molar-refractivity contribution in [1.29, 1.82) is 0 Å². The number of nitrogens with zero attached hydrogens (tertiary/aromatic N) is 3. The van der Waals surface area contributed by atoms with E-state index in [-0.39, 0.29) is 12.2 Å². The van der Waals surface area contributed by atoms with Gasteiger partial charge in [-0.3, -0.25) is 0 Å². The lowest BCUT2D eigenvalue weighted by Gasteiger charge is -2.33. The highest BCUT2D eigenvalue weighted by molar-refractivity contribution is 5.41. The summed E-state index contributed by atoms with van der Waals surface area (Å²) in [4.78, 5) is 10.8. The van der Waals surface area contributed by atoms with Gasteiger partial charge in [-0.1, -0.05) is 0 Å². The zero-order valence-corrected chi connectivity index (χ0v) is 13.1. The maximum absolute atomic E-state index is 9.63. The van der Waals surface area contributed by atoms with Crippen LogP contribution in [0, 0.1) is 0 Å². The first-order valence-corrected chi connectivity index (χ1v) is 8.19. The van der Waals surface area contributed by atoms with Crippen molar-refractivity contribution in [2.45, 2.75) is 56.8 Å². The number of ether oxygens (including phenoxy) is 2. The molecule has 1 aliphatic heterocycles. The summed E-state index contributed by atoms with van der Waals surface area (Å²) in [7, 11) is 2.06. The molecule has 0 radical (unpaired) electrons. The van der Waals surface area contributed by atoms with Gasteiger partial charge >= 0.3 is 0 Å². The number of hydrogen-bond donors (Lipinski definition) is 1. The molecular weight excluding hydrogens is 282 g/mol. The van der Waals surface area contributed by atoms with E-state index in [1.54, 1.807) is 6.33 Å². The average Bonchev–Trinajstić information content (AvgIpc) is 2.56. The molecule has 1 saturated heterocycles. The van der Waals surface area contributed by atoms with Crippen LogP contribution in [-0.2, 0) is 4.74 Å². The van der Waals surface area contributed by atoms with E-state index in [2.05, 4.69) is 21.9 Å². The van der Waals surface area contributed by atoms with Crippen LogP contribution in [0.15, 0.2) is 12.4 Å². The second-order valence-electron chi connectivity index (χ2n) is 6.22. The Bertz CT molecular complexity index is 471. The molecule has 2 fully saturated rings. The van der Waals surface area contributed by atoms with Crippen molar-refractivity contribution in [3.05, 3.63) is 12.4 Å². The van der Waals surface area contributed by atoms with Gasteiger partial charge in [0.05, 0.1) is 19.3 Å². The minimum absolute atomic E-state index is 0.137. The monoisotopic (exact) mass is 307 g/mol. The summed E-state index contributed by atoms with van der Waals surface area (Å²) in [6.45, 7) is 1.51. The molecule has 1 aromatic rings. The molecule has 22 heavy (non-hydrogen) atoms. The van der Waals surface area contributed by atoms with Gasteiger partial charge in [-0.05, 0) is 25.7 Å². The standard InChI is InChI=1S/C16H25N3O3/c1-19(12-2-4-13(20)5-3-12)15-10-16(18-11-17-15)22-14-6-8-21-9-7-14/h10-14,20H,2-9H2,1H3. The molecule has 0 unspecified atom stereocenters. The van der Waals surface area contributed by atoms with Crippen molar-refractivity contribution in [3.8, 4) is 5.88 Å². The number of aliphatic hydroxyl groups is 1. The van der Waals surface area contributed by atoms with Gasteiger partial charge in [0.2, 0.25) is 5.88 Å². The quantitative estimate of drug-likeness (QED) is 0.914. The highest BCUT2D eigenvalue weighted by Crippen LogP contribution is 2.27. The van der Waals surface area contributed by atoms with Crippen LogP contribution in [0.25, 0.3) is 0 Å². The molecule has 0 atom stereocenters. The van der Waals surface area contributed by atoms with Gasteiger partial charge in [-0.2, -0.15) is 0 Å². The summed E-state index contributed by atoms with van der Waals surface area (Å²) in [5.74, 6) is 1.53. The van der Waals surface area contributed by atoms with Crippen molar-refractivity contribution in [1.82, 2.24) is 9.97 Å². The maximum atomic E-state index is 9.63. The van der Waals surface area contributed by atoms with Crippen LogP contribution in [0.5, 0.6) is 5.88 Å². The van der Waals surface area contributed by atoms with Crippen molar-refractivity contribution in [2.75, 3.05) is 25.2 Å². The van der Waals surface area contributed by atoms with Gasteiger partial charge in [0.15, 0.2) is 0 Å². The van der Waals surface area contributed by atoms with Crippen molar-refractivity contribution >= 4 is 5.82 Å². The summed E-state index contributed by atoms with van der Waals surface area (Å²) >= 11 is 0. The molecular formula is C16H25N3O3. The Labute approximate surface area is 131 Å². The molecule has 0 amide bonds. The summed E-state index contributed by atoms with van der Waals surface area (Å²) in [5.41, 5.74) is 0. The van der Waals surface area contributed by atoms with E-state index in [0.717, 1.165) is 57.6 Å². The van der Waals surface area contributed by atoms with Crippen LogP contribution in [-0.4, -0.2) is 53.6 Å². The van der Waals surface area contributed by atoms with E-state index in [0.29, 0.717) is 11.9 Å². The first-order valence-electron chi connectivity index (χ1n) is 8.19. The Morgan fingerprint density at radius 1 is 1.14 bits per heavy atom. The maximum Gasteiger partial charge on any atom is 0.218 e. The predicted molar refractivity (Wildman–Crippen MR) is 83.2 cm³/mol. The Kier molecular flexibility index (Phi) is 5.10. The summed E-state index contributed by atoms with van der Waals surface area (Å²) in [6, 6.07) is 2.34. The molecule has 0 bridgehead atoms. The number of aliphatic hydroxyl groups excluding tert-OH is 1. The first kappa shape index (κ1) is 15.5. The van der Waals surface area contributed by atoms with E-state index >= 15 is 0 Å². The second kappa shape index (κ2) is 7.24. The average molecular weight is 307 g/mol. The largest absolute Gasteiger partial charge is 0.474 e. The molecule has 3 rings (SSSR count). The van der Waals surface area contributed by atoms with Gasteiger partial charge in [0, 0.05) is 32.0 Å². The highest BCUT2D eigenvalue weighted by atomic mass is 16.5. The third-order valence-corrected chi connectivity index (χ3v) is 4.66. The lowest BCUT2D eigenvalue weighted by molar-refractivity contribution is 0.0237. The Morgan fingerprint density at radius 3 is 2.59 bits per heavy atom. The van der Waals surface area contributed by atoms with Gasteiger partial charge in [0.1, 0.15) is 18.2 Å². The molecule has 6 heteroatoms. The molecule has 0 spiro atoms. The molecule has 1 saturated carbocycles. The van der Waals surface area contributed by atoms with E-state index < -0.39 is 0 Å². The smallest absolute Gasteiger partial charge is 0.218 e. The van der Waals surface area contributed by atoms with Gasteiger partial charge in [-0.15, -0.1) is 0 Å². The second-order valence-corrected chi connectivity index (χ2v) is 6.22. The minimum atomic E-state index is -0.137. The van der Waals surface area contributed by atoms with Crippen LogP contribution < -0.4 is 9.64 Å². The third kappa shape index (κ3) is 3.87. The van der Waals surface area contributed by atoms with E-state index in [1.165, 1.54) is 0 Å². The van der Waals surface area contributed by atoms with Crippen LogP contribution in [0.2, 0.25) is 0 Å². The van der Waals surface area contributed by atoms with Crippen molar-refractivity contribution < 1.29 is 14.6 Å². The van der Waals surface area contributed by atoms with Crippen molar-refractivity contribution in [3.63, 3.8) is 0 Å². The van der Waals surface area contributed by atoms with Crippen LogP contribution in [0.1, 0.15) is 38.5 Å². The topological polar surface area (TPSA) is 67.7 Å². The lowest BCUT2D eigenvalue weighted by atomic mass is 9.92. The zero-order valence-electron chi connectivity index (χ0n) is 13.1. The SMILES string of the molecule is CN(c1cc(OC2CCOCC2)ncn1)C1CCC(O)CC1. The van der Waals surface area contributed by atoms with E-state index in [4.69, 9.17) is 9.47 Å². The normalized spacial score (nSPS) is 26.6. The summed E-state index contributed by atoms with van der Waals surface area (Å²) in [5, 5.41) is 9.63. The molecule has 2 aliphatic rings. The number of anilines is 1. The first-order chi connectivity index (χ1) is 10.7. The fourth-order valence-corrected chi connectivity index (χ4v) is 3.18. The molecule has 6 nitrogen and oxygen atoms in total. The number of hydrogen-bond acceptors (Lipinski definition) is 6. The van der Waals surface area contributed by atoms with Gasteiger partial charge in [0.25, 0.3) is 0 Å². The van der Waals surface area contributed by atoms with Gasteiger partial charge in [-0.25, -0.2) is 9.97 Å². The number of aromatic nitrogens is 2. The number of rotatable bonds is 4. The third-order valence-electron chi connectivity index (χ3n) is 4.66. The zero-order chi connectivity index (χ0) is 15.4. The fraction of sp³-hybridized carbons (Fsp3) is 0.750. The lowest BCUT2D eigenvalue weighted by Crippen LogP contribution is -2.36. The van der Waals surface area contributed by atoms with Crippen LogP contribution >= 0.6 is 0 Å². The fourth-order valence-electron chi connectivity index (χ4n) is 3.18.